The first-order chi connectivity index (χ1) is 16.3. The van der Waals surface area contributed by atoms with E-state index in [1.807, 2.05) is 12.1 Å². The Hall–Kier alpha value is -3.37. The first-order valence-electron chi connectivity index (χ1n) is 10.1. The van der Waals surface area contributed by atoms with Crippen molar-refractivity contribution >= 4 is 23.0 Å². The Morgan fingerprint density at radius 2 is 1.85 bits per heavy atom. The number of hydrogen-bond donors (Lipinski definition) is 2. The van der Waals surface area contributed by atoms with Crippen molar-refractivity contribution in [2.75, 3.05) is 13.7 Å². The highest BCUT2D eigenvalue weighted by Crippen LogP contribution is 2.31. The van der Waals surface area contributed by atoms with Crippen LogP contribution in [0.2, 0.25) is 5.02 Å². The third kappa shape index (κ3) is 7.60. The molecule has 0 atom stereocenters. The third-order valence-corrected chi connectivity index (χ3v) is 4.60. The lowest BCUT2D eigenvalue weighted by Crippen LogP contribution is -2.12. The van der Waals surface area contributed by atoms with Gasteiger partial charge in [0, 0.05) is 25.2 Å². The lowest BCUT2D eigenvalue weighted by Gasteiger charge is -2.11. The van der Waals surface area contributed by atoms with E-state index < -0.39 is 11.7 Å². The van der Waals surface area contributed by atoms with Crippen LogP contribution in [-0.2, 0) is 17.4 Å². The molecule has 180 valence electrons. The number of nitrogens with zero attached hydrogens (tertiary/aromatic N) is 4. The number of rotatable bonds is 8. The van der Waals surface area contributed by atoms with Crippen molar-refractivity contribution in [1.29, 1.82) is 5.41 Å². The number of aliphatic hydroxyl groups excluding tert-OH is 1. The molecule has 2 N–H and O–H groups in total. The number of nitrogens with one attached hydrogen (secondary N) is 1. The largest absolute Gasteiger partial charge is 0.417 e. The Morgan fingerprint density at radius 3 is 2.47 bits per heavy atom. The van der Waals surface area contributed by atoms with Gasteiger partial charge in [0.15, 0.2) is 5.71 Å². The van der Waals surface area contributed by atoms with Crippen molar-refractivity contribution in [3.8, 4) is 0 Å². The Labute approximate surface area is 199 Å². The summed E-state index contributed by atoms with van der Waals surface area (Å²) in [5, 5.41) is 18.5. The summed E-state index contributed by atoms with van der Waals surface area (Å²) in [6.45, 7) is 1.90. The molecule has 3 aromatic rings. The van der Waals surface area contributed by atoms with E-state index in [2.05, 4.69) is 20.1 Å². The monoisotopic (exact) mass is 493 g/mol. The minimum absolute atomic E-state index is 0.0363. The molecule has 0 spiro atoms. The summed E-state index contributed by atoms with van der Waals surface area (Å²) in [7, 11) is 1.00. The van der Waals surface area contributed by atoms with Gasteiger partial charge in [-0.3, -0.25) is 15.0 Å². The SMILES string of the molecule is CC(=N)c1cccc(CCCO/N=C(/c2ccccn2)c2ncc(C(F)(F)F)cc2Cl)n1.CO. The van der Waals surface area contributed by atoms with Crippen molar-refractivity contribution in [3.63, 3.8) is 0 Å². The maximum Gasteiger partial charge on any atom is 0.417 e. The molecule has 0 aliphatic rings. The first kappa shape index (κ1) is 26.9. The maximum absolute atomic E-state index is 12.9. The zero-order valence-corrected chi connectivity index (χ0v) is 19.2. The van der Waals surface area contributed by atoms with Crippen LogP contribution < -0.4 is 0 Å². The van der Waals surface area contributed by atoms with Gasteiger partial charge in [0.05, 0.1) is 27.7 Å². The van der Waals surface area contributed by atoms with E-state index >= 15 is 0 Å². The molecular weight excluding hydrogens is 471 g/mol. The number of aromatic nitrogens is 3. The Bertz CT molecular complexity index is 1130. The van der Waals surface area contributed by atoms with E-state index in [1.54, 1.807) is 31.2 Å². The van der Waals surface area contributed by atoms with Crippen LogP contribution in [0.25, 0.3) is 0 Å². The molecule has 0 radical (unpaired) electrons. The normalized spacial score (nSPS) is 11.4. The first-order valence-corrected chi connectivity index (χ1v) is 10.4. The summed E-state index contributed by atoms with van der Waals surface area (Å²) in [5.74, 6) is 0. The molecule has 11 heteroatoms. The van der Waals surface area contributed by atoms with Gasteiger partial charge in [0.2, 0.25) is 0 Å². The molecule has 0 aromatic carbocycles. The lowest BCUT2D eigenvalue weighted by atomic mass is 10.1. The molecule has 0 saturated heterocycles. The van der Waals surface area contributed by atoms with E-state index in [0.717, 1.165) is 18.9 Å². The van der Waals surface area contributed by atoms with Crippen molar-refractivity contribution in [2.45, 2.75) is 25.9 Å². The van der Waals surface area contributed by atoms with Crippen molar-refractivity contribution in [3.05, 3.63) is 88.2 Å². The lowest BCUT2D eigenvalue weighted by molar-refractivity contribution is -0.137. The van der Waals surface area contributed by atoms with Crippen LogP contribution in [0, 0.1) is 5.41 Å². The zero-order chi connectivity index (χ0) is 25.1. The molecule has 3 rings (SSSR count). The van der Waals surface area contributed by atoms with Crippen molar-refractivity contribution < 1.29 is 23.1 Å². The molecule has 0 aliphatic heterocycles. The molecule has 0 bridgehead atoms. The van der Waals surface area contributed by atoms with Crippen LogP contribution in [0.4, 0.5) is 13.2 Å². The molecule has 3 aromatic heterocycles. The molecule has 3 heterocycles. The summed E-state index contributed by atoms with van der Waals surface area (Å²) in [6.07, 6.45) is -1.15. The van der Waals surface area contributed by atoms with E-state index in [-0.39, 0.29) is 23.0 Å². The molecule has 0 amide bonds. The molecule has 0 fully saturated rings. The fourth-order valence-corrected chi connectivity index (χ4v) is 2.99. The maximum atomic E-state index is 12.9. The number of hydrogen-bond acceptors (Lipinski definition) is 7. The molecule has 0 unspecified atom stereocenters. The standard InChI is InChI=1S/C22H19ClF3N5O.CH4O/c1-14(27)18-9-4-6-16(30-18)7-5-11-32-31-21(19-8-2-3-10-28-19)20-17(23)12-15(13-29-20)22(24,25)26;1-2/h2-4,6,8-10,12-13,27H,5,7,11H2,1H3;2H,1H3/b27-14?,31-21-;. The fourth-order valence-electron chi connectivity index (χ4n) is 2.74. The highest BCUT2D eigenvalue weighted by molar-refractivity contribution is 6.35. The second-order valence-electron chi connectivity index (χ2n) is 6.78. The van der Waals surface area contributed by atoms with Crippen LogP contribution in [-0.4, -0.2) is 45.2 Å². The zero-order valence-electron chi connectivity index (χ0n) is 18.5. The molecule has 0 aliphatic carbocycles. The summed E-state index contributed by atoms with van der Waals surface area (Å²) in [4.78, 5) is 17.8. The van der Waals surface area contributed by atoms with Crippen LogP contribution in [0.3, 0.4) is 0 Å². The van der Waals surface area contributed by atoms with Crippen LogP contribution in [0.1, 0.15) is 41.7 Å². The highest BCUT2D eigenvalue weighted by atomic mass is 35.5. The molecule has 34 heavy (non-hydrogen) atoms. The number of oxime groups is 1. The summed E-state index contributed by atoms with van der Waals surface area (Å²) >= 11 is 6.09. The van der Waals surface area contributed by atoms with Gasteiger partial charge in [-0.05, 0) is 50.1 Å². The predicted molar refractivity (Wildman–Crippen MR) is 123 cm³/mol. The van der Waals surface area contributed by atoms with Gasteiger partial charge >= 0.3 is 6.18 Å². The number of alkyl halides is 3. The topological polar surface area (TPSA) is 104 Å². The number of halogens is 4. The van der Waals surface area contributed by atoms with Crippen LogP contribution in [0.15, 0.2) is 60.0 Å². The quantitative estimate of drug-likeness (QED) is 0.263. The van der Waals surface area contributed by atoms with Crippen molar-refractivity contribution in [1.82, 2.24) is 15.0 Å². The Morgan fingerprint density at radius 1 is 1.12 bits per heavy atom. The predicted octanol–water partition coefficient (Wildman–Crippen LogP) is 4.94. The van der Waals surface area contributed by atoms with Gasteiger partial charge in [0.1, 0.15) is 12.3 Å². The second-order valence-corrected chi connectivity index (χ2v) is 7.19. The average Bonchev–Trinajstić information content (AvgIpc) is 2.83. The van der Waals surface area contributed by atoms with E-state index in [4.69, 9.17) is 27.0 Å². The minimum atomic E-state index is -4.56. The van der Waals surface area contributed by atoms with Crippen molar-refractivity contribution in [2.24, 2.45) is 5.16 Å². The van der Waals surface area contributed by atoms with Gasteiger partial charge in [0.25, 0.3) is 0 Å². The molecular formula is C23H23ClF3N5O2. The number of aryl methyl sites for hydroxylation is 1. The Kier molecular flexibility index (Phi) is 10.1. The summed E-state index contributed by atoms with van der Waals surface area (Å²) in [5.41, 5.74) is 1.38. The summed E-state index contributed by atoms with van der Waals surface area (Å²) in [6, 6.07) is 11.3. The minimum Gasteiger partial charge on any atom is -0.400 e. The fraction of sp³-hybridized carbons (Fsp3) is 0.261. The van der Waals surface area contributed by atoms with Gasteiger partial charge in [-0.15, -0.1) is 0 Å². The van der Waals surface area contributed by atoms with E-state index in [0.29, 0.717) is 36.1 Å². The second kappa shape index (κ2) is 12.8. The molecule has 0 saturated carbocycles. The van der Waals surface area contributed by atoms with Crippen LogP contribution >= 0.6 is 11.6 Å². The van der Waals surface area contributed by atoms with Gasteiger partial charge in [-0.2, -0.15) is 13.2 Å². The average molecular weight is 494 g/mol. The summed E-state index contributed by atoms with van der Waals surface area (Å²) < 4.78 is 38.8. The van der Waals surface area contributed by atoms with Gasteiger partial charge < -0.3 is 15.4 Å². The smallest absolute Gasteiger partial charge is 0.400 e. The van der Waals surface area contributed by atoms with E-state index in [9.17, 15) is 13.2 Å². The number of aliphatic hydroxyl groups is 1. The third-order valence-electron chi connectivity index (χ3n) is 4.32. The highest BCUT2D eigenvalue weighted by Gasteiger charge is 2.32. The number of pyridine rings is 3. The van der Waals surface area contributed by atoms with E-state index in [1.165, 1.54) is 6.20 Å². The molecule has 7 nitrogen and oxygen atoms in total. The van der Waals surface area contributed by atoms with Gasteiger partial charge in [-0.25, -0.2) is 0 Å². The Balaban J connectivity index is 0.00000199. The van der Waals surface area contributed by atoms with Crippen LogP contribution in [0.5, 0.6) is 0 Å². The van der Waals surface area contributed by atoms with Gasteiger partial charge in [-0.1, -0.05) is 28.9 Å².